The quantitative estimate of drug-likeness (QED) is 0.843. The van der Waals surface area contributed by atoms with Crippen molar-refractivity contribution < 1.29 is 0 Å². The van der Waals surface area contributed by atoms with Crippen LogP contribution in [0.4, 0.5) is 5.69 Å². The molecule has 1 unspecified atom stereocenters. The third kappa shape index (κ3) is 3.96. The van der Waals surface area contributed by atoms with Crippen molar-refractivity contribution >= 4 is 5.69 Å². The molecule has 0 bridgehead atoms. The van der Waals surface area contributed by atoms with Crippen molar-refractivity contribution in [1.29, 1.82) is 5.26 Å². The summed E-state index contributed by atoms with van der Waals surface area (Å²) in [5, 5.41) is 12.9. The molecule has 114 valence electrons. The Labute approximate surface area is 128 Å². The van der Waals surface area contributed by atoms with E-state index in [-0.39, 0.29) is 0 Å². The fourth-order valence-electron chi connectivity index (χ4n) is 2.94. The molecule has 0 spiro atoms. The van der Waals surface area contributed by atoms with Crippen LogP contribution in [0, 0.1) is 11.3 Å². The molecule has 1 N–H and O–H groups in total. The Balaban J connectivity index is 2.15. The Morgan fingerprint density at radius 3 is 2.86 bits per heavy atom. The summed E-state index contributed by atoms with van der Waals surface area (Å²) in [5.41, 5.74) is 3.06. The summed E-state index contributed by atoms with van der Waals surface area (Å²) in [5.74, 6) is 0. The molecule has 0 saturated carbocycles. The molecule has 4 nitrogen and oxygen atoms in total. The second kappa shape index (κ2) is 7.44. The Hall–Kier alpha value is -1.57. The van der Waals surface area contributed by atoms with Crippen molar-refractivity contribution in [2.24, 2.45) is 0 Å². The van der Waals surface area contributed by atoms with Crippen molar-refractivity contribution in [2.45, 2.75) is 32.9 Å². The predicted molar refractivity (Wildman–Crippen MR) is 87.5 cm³/mol. The molecule has 1 atom stereocenters. The molecule has 1 aliphatic heterocycles. The number of hydrogen-bond acceptors (Lipinski definition) is 4. The first-order valence-electron chi connectivity index (χ1n) is 7.84. The number of nitrogens with zero attached hydrogens (tertiary/aromatic N) is 3. The van der Waals surface area contributed by atoms with Crippen molar-refractivity contribution in [2.75, 3.05) is 38.1 Å². The van der Waals surface area contributed by atoms with Gasteiger partial charge >= 0.3 is 0 Å². The highest BCUT2D eigenvalue weighted by Gasteiger charge is 2.23. The van der Waals surface area contributed by atoms with Crippen LogP contribution in [0.5, 0.6) is 0 Å². The van der Waals surface area contributed by atoms with Gasteiger partial charge in [0.25, 0.3) is 0 Å². The summed E-state index contributed by atoms with van der Waals surface area (Å²) in [6.45, 7) is 9.32. The molecule has 0 aliphatic carbocycles. The van der Waals surface area contributed by atoms with Gasteiger partial charge in [0.15, 0.2) is 0 Å². The molecule has 21 heavy (non-hydrogen) atoms. The van der Waals surface area contributed by atoms with Gasteiger partial charge in [0.2, 0.25) is 0 Å². The number of anilines is 1. The average molecular weight is 286 g/mol. The maximum absolute atomic E-state index is 9.48. The minimum Gasteiger partial charge on any atom is -0.365 e. The molecule has 4 heteroatoms. The maximum Gasteiger partial charge on any atom is 0.101 e. The minimum atomic E-state index is 0.444. The van der Waals surface area contributed by atoms with Crippen molar-refractivity contribution in [1.82, 2.24) is 10.2 Å². The van der Waals surface area contributed by atoms with Crippen molar-refractivity contribution in [3.8, 4) is 6.07 Å². The molecule has 1 aromatic rings. The van der Waals surface area contributed by atoms with Crippen molar-refractivity contribution in [3.05, 3.63) is 29.3 Å². The van der Waals surface area contributed by atoms with Crippen LogP contribution in [0.25, 0.3) is 0 Å². The van der Waals surface area contributed by atoms with Crippen molar-refractivity contribution in [3.63, 3.8) is 0 Å². The highest BCUT2D eigenvalue weighted by Crippen LogP contribution is 2.25. The fourth-order valence-corrected chi connectivity index (χ4v) is 2.94. The first-order valence-corrected chi connectivity index (χ1v) is 7.84. The molecule has 1 fully saturated rings. The van der Waals surface area contributed by atoms with Crippen LogP contribution >= 0.6 is 0 Å². The van der Waals surface area contributed by atoms with Gasteiger partial charge in [-0.25, -0.2) is 0 Å². The number of hydrogen-bond donors (Lipinski definition) is 1. The fraction of sp³-hybridized carbons (Fsp3) is 0.588. The Bertz CT molecular complexity index is 506. The van der Waals surface area contributed by atoms with E-state index in [0.717, 1.165) is 50.4 Å². The monoisotopic (exact) mass is 286 g/mol. The Kier molecular flexibility index (Phi) is 5.60. The third-order valence-corrected chi connectivity index (χ3v) is 4.08. The average Bonchev–Trinajstić information content (AvgIpc) is 2.48. The molecule has 0 aromatic heterocycles. The minimum absolute atomic E-state index is 0.444. The van der Waals surface area contributed by atoms with Crippen LogP contribution in [-0.4, -0.2) is 44.2 Å². The summed E-state index contributed by atoms with van der Waals surface area (Å²) in [4.78, 5) is 4.71. The van der Waals surface area contributed by atoms with Crippen LogP contribution in [0.2, 0.25) is 0 Å². The van der Waals surface area contributed by atoms with Gasteiger partial charge in [-0.15, -0.1) is 0 Å². The third-order valence-electron chi connectivity index (χ3n) is 4.08. The normalized spacial score (nSPS) is 19.5. The van der Waals surface area contributed by atoms with Gasteiger partial charge in [-0.1, -0.05) is 13.0 Å². The molecule has 1 aliphatic rings. The Morgan fingerprint density at radius 1 is 1.38 bits per heavy atom. The lowest BCUT2D eigenvalue weighted by Crippen LogP contribution is -2.50. The summed E-state index contributed by atoms with van der Waals surface area (Å²) in [7, 11) is 2.15. The number of piperazine rings is 1. The smallest absolute Gasteiger partial charge is 0.101 e. The lowest BCUT2D eigenvalue weighted by Gasteiger charge is -2.40. The molecule has 1 saturated heterocycles. The van der Waals surface area contributed by atoms with E-state index < -0.39 is 0 Å². The van der Waals surface area contributed by atoms with Crippen LogP contribution in [0.3, 0.4) is 0 Å². The van der Waals surface area contributed by atoms with E-state index in [4.69, 9.17) is 0 Å². The first-order chi connectivity index (χ1) is 10.2. The molecular weight excluding hydrogens is 260 g/mol. The largest absolute Gasteiger partial charge is 0.365 e. The molecule has 2 rings (SSSR count). The van der Waals surface area contributed by atoms with Crippen LogP contribution in [0.15, 0.2) is 18.2 Å². The molecule has 1 aromatic carbocycles. The standard InChI is InChI=1S/C17H26N4/c1-4-7-19-12-15-5-6-17(16(10-15)11-18)21-9-8-20(3)13-14(21)2/h5-6,10,14,19H,4,7-9,12-13H2,1-3H3. The highest BCUT2D eigenvalue weighted by molar-refractivity contribution is 5.61. The number of rotatable bonds is 5. The van der Waals surface area contributed by atoms with Gasteiger partial charge in [0.1, 0.15) is 6.07 Å². The second-order valence-corrected chi connectivity index (χ2v) is 5.94. The highest BCUT2D eigenvalue weighted by atomic mass is 15.3. The van der Waals surface area contributed by atoms with E-state index in [1.54, 1.807) is 0 Å². The lowest BCUT2D eigenvalue weighted by molar-refractivity contribution is 0.275. The van der Waals surface area contributed by atoms with Crippen LogP contribution < -0.4 is 10.2 Å². The number of nitriles is 1. The van der Waals surface area contributed by atoms with Gasteiger partial charge in [0, 0.05) is 32.2 Å². The number of nitrogens with one attached hydrogen (secondary N) is 1. The van der Waals surface area contributed by atoms with Gasteiger partial charge in [-0.05, 0) is 44.6 Å². The molecule has 0 amide bonds. The van der Waals surface area contributed by atoms with E-state index >= 15 is 0 Å². The zero-order valence-electron chi connectivity index (χ0n) is 13.4. The van der Waals surface area contributed by atoms with Gasteiger partial charge in [-0.2, -0.15) is 5.26 Å². The van der Waals surface area contributed by atoms with E-state index in [2.05, 4.69) is 54.2 Å². The summed E-state index contributed by atoms with van der Waals surface area (Å²) in [6, 6.07) is 9.10. The van der Waals surface area contributed by atoms with E-state index in [9.17, 15) is 5.26 Å². The lowest BCUT2D eigenvalue weighted by atomic mass is 10.1. The first kappa shape index (κ1) is 15.8. The van der Waals surface area contributed by atoms with E-state index in [1.165, 1.54) is 5.56 Å². The molecule has 1 heterocycles. The SMILES string of the molecule is CCCNCc1ccc(N2CCN(C)CC2C)c(C#N)c1. The number of likely N-dealkylation sites (N-methyl/N-ethyl adjacent to an activating group) is 1. The number of benzene rings is 1. The Morgan fingerprint density at radius 2 is 2.19 bits per heavy atom. The van der Waals surface area contributed by atoms with E-state index in [0.29, 0.717) is 6.04 Å². The molecular formula is C17H26N4. The molecule has 0 radical (unpaired) electrons. The summed E-state index contributed by atoms with van der Waals surface area (Å²) >= 11 is 0. The second-order valence-electron chi connectivity index (χ2n) is 5.94. The zero-order valence-corrected chi connectivity index (χ0v) is 13.4. The summed E-state index contributed by atoms with van der Waals surface area (Å²) in [6.07, 6.45) is 1.13. The van der Waals surface area contributed by atoms with Crippen LogP contribution in [0.1, 0.15) is 31.4 Å². The zero-order chi connectivity index (χ0) is 15.2. The van der Waals surface area contributed by atoms with Gasteiger partial charge in [0.05, 0.1) is 11.3 Å². The van der Waals surface area contributed by atoms with Crippen LogP contribution in [-0.2, 0) is 6.54 Å². The predicted octanol–water partition coefficient (Wildman–Crippen LogP) is 2.20. The van der Waals surface area contributed by atoms with E-state index in [1.807, 2.05) is 6.07 Å². The summed E-state index contributed by atoms with van der Waals surface area (Å²) < 4.78 is 0. The van der Waals surface area contributed by atoms with Gasteiger partial charge < -0.3 is 15.1 Å². The van der Waals surface area contributed by atoms with Gasteiger partial charge in [-0.3, -0.25) is 0 Å². The topological polar surface area (TPSA) is 42.3 Å². The maximum atomic E-state index is 9.48.